The lowest BCUT2D eigenvalue weighted by molar-refractivity contribution is 0.0908. The SMILES string of the molecule is CCC(C(C)C)n1ccc2c1CC(C)(C)CC2=O. The van der Waals surface area contributed by atoms with E-state index in [1.165, 1.54) is 5.69 Å². The van der Waals surface area contributed by atoms with Gasteiger partial charge in [0, 0.05) is 29.9 Å². The molecule has 0 spiro atoms. The normalized spacial score (nSPS) is 20.0. The number of ketones is 1. The van der Waals surface area contributed by atoms with Gasteiger partial charge in [-0.15, -0.1) is 0 Å². The summed E-state index contributed by atoms with van der Waals surface area (Å²) < 4.78 is 2.36. The van der Waals surface area contributed by atoms with E-state index in [1.807, 2.05) is 6.07 Å². The Hall–Kier alpha value is -1.05. The van der Waals surface area contributed by atoms with Crippen molar-refractivity contribution in [1.29, 1.82) is 0 Å². The summed E-state index contributed by atoms with van der Waals surface area (Å²) in [5.41, 5.74) is 2.33. The Bertz CT molecular complexity index is 454. The van der Waals surface area contributed by atoms with Gasteiger partial charge in [0.25, 0.3) is 0 Å². The predicted molar refractivity (Wildman–Crippen MR) is 75.0 cm³/mol. The van der Waals surface area contributed by atoms with Crippen LogP contribution in [-0.4, -0.2) is 10.4 Å². The van der Waals surface area contributed by atoms with Crippen LogP contribution in [0.25, 0.3) is 0 Å². The number of hydrogen-bond acceptors (Lipinski definition) is 1. The number of aromatic nitrogens is 1. The minimum absolute atomic E-state index is 0.107. The van der Waals surface area contributed by atoms with Crippen LogP contribution in [0.2, 0.25) is 0 Å². The molecular formula is C16H25NO. The number of Topliss-reactive ketones (excluding diaryl/α,β-unsaturated/α-hetero) is 1. The maximum atomic E-state index is 12.2. The second-order valence-corrected chi connectivity index (χ2v) is 6.74. The highest BCUT2D eigenvalue weighted by Gasteiger charge is 2.34. The number of rotatable bonds is 3. The number of carbonyl (C=O) groups excluding carboxylic acids is 1. The van der Waals surface area contributed by atoms with Gasteiger partial charge in [-0.25, -0.2) is 0 Å². The number of carbonyl (C=O) groups is 1. The van der Waals surface area contributed by atoms with Crippen molar-refractivity contribution in [3.63, 3.8) is 0 Å². The quantitative estimate of drug-likeness (QED) is 0.782. The molecule has 0 amide bonds. The lowest BCUT2D eigenvalue weighted by atomic mass is 9.76. The number of hydrogen-bond donors (Lipinski definition) is 0. The lowest BCUT2D eigenvalue weighted by Gasteiger charge is -2.32. The van der Waals surface area contributed by atoms with Crippen LogP contribution in [0.5, 0.6) is 0 Å². The van der Waals surface area contributed by atoms with E-state index in [9.17, 15) is 4.79 Å². The molecule has 0 aromatic carbocycles. The van der Waals surface area contributed by atoms with Crippen molar-refractivity contribution >= 4 is 5.78 Å². The fraction of sp³-hybridized carbons (Fsp3) is 0.688. The minimum atomic E-state index is 0.107. The number of fused-ring (bicyclic) bond motifs is 1. The Morgan fingerprint density at radius 2 is 2.00 bits per heavy atom. The molecule has 18 heavy (non-hydrogen) atoms. The Kier molecular flexibility index (Phi) is 3.39. The first-order chi connectivity index (χ1) is 8.35. The van der Waals surface area contributed by atoms with E-state index < -0.39 is 0 Å². The third kappa shape index (κ3) is 2.25. The molecule has 2 rings (SSSR count). The van der Waals surface area contributed by atoms with Gasteiger partial charge in [-0.3, -0.25) is 4.79 Å². The molecule has 100 valence electrons. The molecule has 1 unspecified atom stereocenters. The average molecular weight is 247 g/mol. The van der Waals surface area contributed by atoms with Crippen LogP contribution in [0.15, 0.2) is 12.3 Å². The van der Waals surface area contributed by atoms with Crippen molar-refractivity contribution < 1.29 is 4.79 Å². The highest BCUT2D eigenvalue weighted by Crippen LogP contribution is 2.37. The van der Waals surface area contributed by atoms with Gasteiger partial charge in [0.05, 0.1) is 0 Å². The fourth-order valence-corrected chi connectivity index (χ4v) is 3.27. The van der Waals surface area contributed by atoms with Gasteiger partial charge in [0.15, 0.2) is 5.78 Å². The summed E-state index contributed by atoms with van der Waals surface area (Å²) in [6.07, 6.45) is 4.94. The van der Waals surface area contributed by atoms with E-state index in [4.69, 9.17) is 0 Å². The second-order valence-electron chi connectivity index (χ2n) is 6.74. The Morgan fingerprint density at radius 1 is 1.33 bits per heavy atom. The summed E-state index contributed by atoms with van der Waals surface area (Å²) >= 11 is 0. The van der Waals surface area contributed by atoms with Gasteiger partial charge in [0.1, 0.15) is 0 Å². The van der Waals surface area contributed by atoms with Gasteiger partial charge in [-0.2, -0.15) is 0 Å². The van der Waals surface area contributed by atoms with Crippen LogP contribution in [0.4, 0.5) is 0 Å². The van der Waals surface area contributed by atoms with Gasteiger partial charge >= 0.3 is 0 Å². The maximum absolute atomic E-state index is 12.2. The van der Waals surface area contributed by atoms with E-state index in [0.29, 0.717) is 24.2 Å². The van der Waals surface area contributed by atoms with Crippen molar-refractivity contribution in [1.82, 2.24) is 4.57 Å². The zero-order valence-corrected chi connectivity index (χ0v) is 12.3. The first-order valence-electron chi connectivity index (χ1n) is 7.08. The summed E-state index contributed by atoms with van der Waals surface area (Å²) in [4.78, 5) is 12.2. The highest BCUT2D eigenvalue weighted by molar-refractivity contribution is 5.98. The molecule has 0 fully saturated rings. The Labute approximate surface area is 110 Å². The van der Waals surface area contributed by atoms with Crippen LogP contribution < -0.4 is 0 Å². The first kappa shape index (κ1) is 13.4. The van der Waals surface area contributed by atoms with E-state index in [0.717, 1.165) is 18.4 Å². The van der Waals surface area contributed by atoms with Crippen LogP contribution in [0, 0.1) is 11.3 Å². The molecule has 2 heteroatoms. The van der Waals surface area contributed by atoms with E-state index in [1.54, 1.807) is 0 Å². The molecule has 1 atom stereocenters. The van der Waals surface area contributed by atoms with Crippen LogP contribution in [-0.2, 0) is 6.42 Å². The molecular weight excluding hydrogens is 222 g/mol. The summed E-state index contributed by atoms with van der Waals surface area (Å²) in [7, 11) is 0. The standard InChI is InChI=1S/C16H25NO/c1-6-13(11(2)3)17-8-7-12-14(17)9-16(4,5)10-15(12)18/h7-8,11,13H,6,9-10H2,1-5H3. The lowest BCUT2D eigenvalue weighted by Crippen LogP contribution is -2.29. The molecule has 1 aromatic rings. The summed E-state index contributed by atoms with van der Waals surface area (Å²) in [5, 5.41) is 0. The Balaban J connectivity index is 2.45. The smallest absolute Gasteiger partial charge is 0.165 e. The van der Waals surface area contributed by atoms with Crippen molar-refractivity contribution in [2.45, 2.75) is 59.9 Å². The van der Waals surface area contributed by atoms with E-state index in [2.05, 4.69) is 45.4 Å². The molecule has 0 saturated carbocycles. The number of nitrogens with zero attached hydrogens (tertiary/aromatic N) is 1. The van der Waals surface area contributed by atoms with Crippen LogP contribution >= 0.6 is 0 Å². The molecule has 0 radical (unpaired) electrons. The zero-order valence-electron chi connectivity index (χ0n) is 12.3. The molecule has 1 aliphatic rings. The molecule has 0 bridgehead atoms. The molecule has 0 saturated heterocycles. The molecule has 1 heterocycles. The zero-order chi connectivity index (χ0) is 13.5. The monoisotopic (exact) mass is 247 g/mol. The van der Waals surface area contributed by atoms with Crippen molar-refractivity contribution in [3.05, 3.63) is 23.5 Å². The minimum Gasteiger partial charge on any atom is -0.347 e. The van der Waals surface area contributed by atoms with E-state index >= 15 is 0 Å². The largest absolute Gasteiger partial charge is 0.347 e. The highest BCUT2D eigenvalue weighted by atomic mass is 16.1. The van der Waals surface area contributed by atoms with Crippen molar-refractivity contribution in [2.75, 3.05) is 0 Å². The van der Waals surface area contributed by atoms with Gasteiger partial charge in [-0.05, 0) is 30.2 Å². The van der Waals surface area contributed by atoms with Crippen LogP contribution in [0.3, 0.4) is 0 Å². The first-order valence-corrected chi connectivity index (χ1v) is 7.08. The summed E-state index contributed by atoms with van der Waals surface area (Å²) in [5.74, 6) is 0.922. The van der Waals surface area contributed by atoms with Crippen molar-refractivity contribution in [2.24, 2.45) is 11.3 Å². The third-order valence-corrected chi connectivity index (χ3v) is 4.16. The molecule has 0 aliphatic heterocycles. The Morgan fingerprint density at radius 3 is 2.56 bits per heavy atom. The fourth-order valence-electron chi connectivity index (χ4n) is 3.27. The van der Waals surface area contributed by atoms with E-state index in [-0.39, 0.29) is 5.41 Å². The molecule has 1 aliphatic carbocycles. The molecule has 2 nitrogen and oxygen atoms in total. The van der Waals surface area contributed by atoms with Crippen molar-refractivity contribution in [3.8, 4) is 0 Å². The summed E-state index contributed by atoms with van der Waals surface area (Å²) in [6.45, 7) is 11.1. The summed E-state index contributed by atoms with van der Waals surface area (Å²) in [6, 6.07) is 2.54. The van der Waals surface area contributed by atoms with Gasteiger partial charge in [-0.1, -0.05) is 34.6 Å². The average Bonchev–Trinajstić information content (AvgIpc) is 2.61. The topological polar surface area (TPSA) is 22.0 Å². The molecule has 0 N–H and O–H groups in total. The second kappa shape index (κ2) is 4.56. The van der Waals surface area contributed by atoms with Crippen LogP contribution in [0.1, 0.15) is 69.6 Å². The predicted octanol–water partition coefficient (Wildman–Crippen LogP) is 4.25. The van der Waals surface area contributed by atoms with Gasteiger partial charge < -0.3 is 4.57 Å². The maximum Gasteiger partial charge on any atom is 0.165 e. The third-order valence-electron chi connectivity index (χ3n) is 4.16. The van der Waals surface area contributed by atoms with Gasteiger partial charge in [0.2, 0.25) is 0 Å². The molecule has 1 aromatic heterocycles.